The highest BCUT2D eigenvalue weighted by Crippen LogP contribution is 2.25. The lowest BCUT2D eigenvalue weighted by Gasteiger charge is -2.08. The highest BCUT2D eigenvalue weighted by molar-refractivity contribution is 7.94. The SMILES string of the molecule is O=S(=O)(Nc1cccc(-n2cnnc2)c1)c1cnc(Cl)s1. The minimum atomic E-state index is -3.70. The van der Waals surface area contributed by atoms with Crippen molar-refractivity contribution in [1.82, 2.24) is 19.7 Å². The zero-order valence-corrected chi connectivity index (χ0v) is 12.7. The van der Waals surface area contributed by atoms with Crippen LogP contribution in [0.25, 0.3) is 5.69 Å². The Morgan fingerprint density at radius 3 is 2.67 bits per heavy atom. The summed E-state index contributed by atoms with van der Waals surface area (Å²) in [4.78, 5) is 3.73. The van der Waals surface area contributed by atoms with E-state index >= 15 is 0 Å². The van der Waals surface area contributed by atoms with Gasteiger partial charge in [-0.3, -0.25) is 9.29 Å². The van der Waals surface area contributed by atoms with Gasteiger partial charge >= 0.3 is 0 Å². The van der Waals surface area contributed by atoms with Gasteiger partial charge in [0.05, 0.1) is 17.6 Å². The second kappa shape index (κ2) is 5.43. The average molecular weight is 342 g/mol. The smallest absolute Gasteiger partial charge is 0.273 e. The Kier molecular flexibility index (Phi) is 3.62. The molecule has 0 saturated carbocycles. The van der Waals surface area contributed by atoms with Crippen LogP contribution in [0.15, 0.2) is 47.3 Å². The van der Waals surface area contributed by atoms with Gasteiger partial charge in [0.2, 0.25) is 0 Å². The van der Waals surface area contributed by atoms with Gasteiger partial charge in [-0.25, -0.2) is 13.4 Å². The van der Waals surface area contributed by atoms with E-state index in [2.05, 4.69) is 19.9 Å². The molecule has 1 aromatic carbocycles. The van der Waals surface area contributed by atoms with E-state index in [0.717, 1.165) is 17.0 Å². The van der Waals surface area contributed by atoms with Crippen molar-refractivity contribution in [3.05, 3.63) is 47.6 Å². The topological polar surface area (TPSA) is 89.8 Å². The van der Waals surface area contributed by atoms with Gasteiger partial charge in [-0.1, -0.05) is 29.0 Å². The Bertz CT molecular complexity index is 860. The number of thiazole rings is 1. The molecule has 0 fully saturated rings. The monoisotopic (exact) mass is 341 g/mol. The van der Waals surface area contributed by atoms with Crippen molar-refractivity contribution in [3.8, 4) is 5.69 Å². The first-order valence-corrected chi connectivity index (χ1v) is 8.31. The van der Waals surface area contributed by atoms with Crippen molar-refractivity contribution in [2.75, 3.05) is 4.72 Å². The molecule has 1 N–H and O–H groups in total. The number of halogens is 1. The summed E-state index contributed by atoms with van der Waals surface area (Å²) in [6.07, 6.45) is 4.27. The van der Waals surface area contributed by atoms with E-state index in [1.54, 1.807) is 22.8 Å². The second-order valence-corrected chi connectivity index (χ2v) is 7.48. The molecule has 0 bridgehead atoms. The number of sulfonamides is 1. The third kappa shape index (κ3) is 3.04. The van der Waals surface area contributed by atoms with Crippen LogP contribution >= 0.6 is 22.9 Å². The third-order valence-corrected chi connectivity index (χ3v) is 5.49. The summed E-state index contributed by atoms with van der Waals surface area (Å²) in [6, 6.07) is 6.86. The highest BCUT2D eigenvalue weighted by Gasteiger charge is 2.17. The summed E-state index contributed by atoms with van der Waals surface area (Å²) in [5.74, 6) is 0. The fourth-order valence-electron chi connectivity index (χ4n) is 1.63. The standard InChI is InChI=1S/C11H8ClN5O2S2/c12-11-13-5-10(20-11)21(18,19)16-8-2-1-3-9(4-8)17-6-14-15-7-17/h1-7,16H. The maximum absolute atomic E-state index is 12.2. The molecule has 0 aliphatic carbocycles. The van der Waals surface area contributed by atoms with Crippen LogP contribution in [0.3, 0.4) is 0 Å². The molecule has 2 heterocycles. The highest BCUT2D eigenvalue weighted by atomic mass is 35.5. The van der Waals surface area contributed by atoms with Crippen LogP contribution in [0.2, 0.25) is 4.47 Å². The third-order valence-electron chi connectivity index (χ3n) is 2.54. The largest absolute Gasteiger partial charge is 0.288 e. The van der Waals surface area contributed by atoms with Gasteiger partial charge in [0.15, 0.2) is 8.68 Å². The van der Waals surface area contributed by atoms with E-state index in [9.17, 15) is 8.42 Å². The number of benzene rings is 1. The van der Waals surface area contributed by atoms with Crippen LogP contribution in [-0.2, 0) is 10.0 Å². The molecule has 7 nitrogen and oxygen atoms in total. The molecule has 0 aliphatic heterocycles. The fourth-order valence-corrected chi connectivity index (χ4v) is 3.98. The summed E-state index contributed by atoms with van der Waals surface area (Å²) >= 11 is 6.55. The number of nitrogens with one attached hydrogen (secondary N) is 1. The molecule has 3 rings (SSSR count). The number of hydrogen-bond donors (Lipinski definition) is 1. The molecule has 0 aliphatic rings. The summed E-state index contributed by atoms with van der Waals surface area (Å²) < 4.78 is 28.7. The average Bonchev–Trinajstić information content (AvgIpc) is 3.09. The first-order valence-electron chi connectivity index (χ1n) is 5.64. The summed E-state index contributed by atoms with van der Waals surface area (Å²) in [6.45, 7) is 0. The van der Waals surface area contributed by atoms with Crippen molar-refractivity contribution in [2.45, 2.75) is 4.21 Å². The van der Waals surface area contributed by atoms with E-state index in [1.165, 1.54) is 18.9 Å². The minimum Gasteiger partial charge on any atom is -0.288 e. The van der Waals surface area contributed by atoms with Crippen LogP contribution in [0.5, 0.6) is 0 Å². The first-order chi connectivity index (χ1) is 10.0. The van der Waals surface area contributed by atoms with Crippen molar-refractivity contribution in [3.63, 3.8) is 0 Å². The lowest BCUT2D eigenvalue weighted by molar-refractivity contribution is 0.603. The Balaban J connectivity index is 1.90. The summed E-state index contributed by atoms with van der Waals surface area (Å²) in [7, 11) is -3.70. The molecule has 0 saturated heterocycles. The molecule has 3 aromatic rings. The summed E-state index contributed by atoms with van der Waals surface area (Å²) in [5.41, 5.74) is 1.16. The molecule has 0 unspecified atom stereocenters. The van der Waals surface area contributed by atoms with Gasteiger partial charge in [-0.15, -0.1) is 10.2 Å². The Morgan fingerprint density at radius 2 is 2.00 bits per heavy atom. The van der Waals surface area contributed by atoms with Crippen LogP contribution in [0, 0.1) is 0 Å². The van der Waals surface area contributed by atoms with E-state index in [0.29, 0.717) is 5.69 Å². The number of nitrogens with zero attached hydrogens (tertiary/aromatic N) is 4. The van der Waals surface area contributed by atoms with Gasteiger partial charge in [0.25, 0.3) is 10.0 Å². The van der Waals surface area contributed by atoms with E-state index in [-0.39, 0.29) is 8.68 Å². The Morgan fingerprint density at radius 1 is 1.24 bits per heavy atom. The molecular formula is C11H8ClN5O2S2. The van der Waals surface area contributed by atoms with Gasteiger partial charge in [-0.2, -0.15) is 0 Å². The van der Waals surface area contributed by atoms with Crippen LogP contribution in [-0.4, -0.2) is 28.2 Å². The first kappa shape index (κ1) is 14.0. The molecule has 21 heavy (non-hydrogen) atoms. The molecule has 0 atom stereocenters. The van der Waals surface area contributed by atoms with Gasteiger partial charge in [0.1, 0.15) is 12.7 Å². The quantitative estimate of drug-likeness (QED) is 0.785. The normalized spacial score (nSPS) is 11.5. The molecule has 0 radical (unpaired) electrons. The van der Waals surface area contributed by atoms with Gasteiger partial charge in [-0.05, 0) is 18.2 Å². The van der Waals surface area contributed by atoms with Crippen molar-refractivity contribution >= 4 is 38.6 Å². The van der Waals surface area contributed by atoms with Crippen LogP contribution in [0.1, 0.15) is 0 Å². The van der Waals surface area contributed by atoms with E-state index < -0.39 is 10.0 Å². The number of rotatable bonds is 4. The molecule has 108 valence electrons. The molecule has 0 amide bonds. The Labute approximate surface area is 129 Å². The summed E-state index contributed by atoms with van der Waals surface area (Å²) in [5, 5.41) is 7.41. The fraction of sp³-hybridized carbons (Fsp3) is 0. The second-order valence-electron chi connectivity index (χ2n) is 3.96. The van der Waals surface area contributed by atoms with Crippen molar-refractivity contribution in [1.29, 1.82) is 0 Å². The Hall–Kier alpha value is -1.97. The zero-order chi connectivity index (χ0) is 14.9. The number of hydrogen-bond acceptors (Lipinski definition) is 6. The number of anilines is 1. The van der Waals surface area contributed by atoms with Crippen molar-refractivity contribution in [2.24, 2.45) is 0 Å². The molecular weight excluding hydrogens is 334 g/mol. The minimum absolute atomic E-state index is 0.0576. The van der Waals surface area contributed by atoms with E-state index in [1.807, 2.05) is 6.07 Å². The molecule has 10 heteroatoms. The lowest BCUT2D eigenvalue weighted by Crippen LogP contribution is -2.11. The van der Waals surface area contributed by atoms with Crippen LogP contribution in [0.4, 0.5) is 5.69 Å². The predicted molar refractivity (Wildman–Crippen MR) is 79.3 cm³/mol. The maximum Gasteiger partial charge on any atom is 0.273 e. The molecule has 0 spiro atoms. The lowest BCUT2D eigenvalue weighted by atomic mass is 10.3. The number of aromatic nitrogens is 4. The maximum atomic E-state index is 12.2. The van der Waals surface area contributed by atoms with Gasteiger partial charge < -0.3 is 0 Å². The zero-order valence-electron chi connectivity index (χ0n) is 10.3. The van der Waals surface area contributed by atoms with Crippen LogP contribution < -0.4 is 4.72 Å². The van der Waals surface area contributed by atoms with E-state index in [4.69, 9.17) is 11.6 Å². The molecule has 2 aromatic heterocycles. The van der Waals surface area contributed by atoms with Gasteiger partial charge in [0, 0.05) is 0 Å². The van der Waals surface area contributed by atoms with Crippen molar-refractivity contribution < 1.29 is 8.42 Å². The predicted octanol–water partition coefficient (Wildman–Crippen LogP) is 2.18.